The number of ketones is 1. The van der Waals surface area contributed by atoms with Crippen LogP contribution in [0.5, 0.6) is 0 Å². The highest BCUT2D eigenvalue weighted by molar-refractivity contribution is 5.94. The maximum absolute atomic E-state index is 10.7. The summed E-state index contributed by atoms with van der Waals surface area (Å²) >= 11 is 0. The summed E-state index contributed by atoms with van der Waals surface area (Å²) in [5, 5.41) is 0. The number of rotatable bonds is 2. The van der Waals surface area contributed by atoms with Crippen molar-refractivity contribution in [2.75, 3.05) is 6.54 Å². The number of hydrogen-bond acceptors (Lipinski definition) is 3. The van der Waals surface area contributed by atoms with Gasteiger partial charge in [0.2, 0.25) is 5.78 Å². The van der Waals surface area contributed by atoms with E-state index in [1.807, 2.05) is 0 Å². The molecule has 3 nitrogen and oxygen atoms in total. The Labute approximate surface area is 72.6 Å². The van der Waals surface area contributed by atoms with E-state index in [0.29, 0.717) is 5.76 Å². The van der Waals surface area contributed by atoms with Crippen LogP contribution in [0.1, 0.15) is 30.8 Å². The molecule has 0 fully saturated rings. The second-order valence-corrected chi connectivity index (χ2v) is 2.31. The quantitative estimate of drug-likeness (QED) is 0.687. The lowest BCUT2D eigenvalue weighted by atomic mass is 10.3. The molecule has 0 radical (unpaired) electrons. The van der Waals surface area contributed by atoms with E-state index in [9.17, 15) is 4.79 Å². The third-order valence-corrected chi connectivity index (χ3v) is 0.981. The summed E-state index contributed by atoms with van der Waals surface area (Å²) in [6.45, 7) is 4.26. The molecule has 1 heterocycles. The lowest BCUT2D eigenvalue weighted by Crippen LogP contribution is -2.12. The Balaban J connectivity index is 0.000000354. The molecule has 0 amide bonds. The fraction of sp³-hybridized carbons (Fsp3) is 0.444. The highest BCUT2D eigenvalue weighted by Gasteiger charge is 2.03. The van der Waals surface area contributed by atoms with Crippen molar-refractivity contribution in [3.8, 4) is 0 Å². The number of nitrogens with two attached hydrogens (primary N) is 1. The van der Waals surface area contributed by atoms with Crippen molar-refractivity contribution in [3.05, 3.63) is 24.2 Å². The normalized spacial score (nSPS) is 8.58. The lowest BCUT2D eigenvalue weighted by molar-refractivity contribution is 0.0975. The largest absolute Gasteiger partial charge is 0.461 e. The fourth-order valence-electron chi connectivity index (χ4n) is 0.538. The van der Waals surface area contributed by atoms with Crippen molar-refractivity contribution in [2.45, 2.75) is 20.3 Å². The van der Waals surface area contributed by atoms with Crippen molar-refractivity contribution in [2.24, 2.45) is 5.73 Å². The molecule has 1 aromatic heterocycles. The van der Waals surface area contributed by atoms with Gasteiger partial charge in [-0.05, 0) is 12.1 Å². The molecule has 0 spiro atoms. The van der Waals surface area contributed by atoms with E-state index >= 15 is 0 Å². The predicted octanol–water partition coefficient (Wildman–Crippen LogP) is 1.84. The summed E-state index contributed by atoms with van der Waals surface area (Å²) in [4.78, 5) is 10.7. The summed E-state index contributed by atoms with van der Waals surface area (Å²) in [6.07, 6.45) is 2.70. The third kappa shape index (κ3) is 3.93. The van der Waals surface area contributed by atoms with Crippen LogP contribution in [0.4, 0.5) is 0 Å². The number of carbonyl (C=O) groups excluding carboxylic acids is 1. The van der Waals surface area contributed by atoms with Crippen LogP contribution < -0.4 is 5.73 Å². The molecule has 0 saturated heterocycles. The van der Waals surface area contributed by atoms with E-state index in [1.54, 1.807) is 12.1 Å². The maximum Gasteiger partial charge on any atom is 0.211 e. The SMILES string of the molecule is CCC.NCC(=O)c1ccco1. The number of furan rings is 1. The molecule has 0 atom stereocenters. The van der Waals surface area contributed by atoms with Gasteiger partial charge < -0.3 is 10.2 Å². The van der Waals surface area contributed by atoms with E-state index in [0.717, 1.165) is 0 Å². The molecule has 12 heavy (non-hydrogen) atoms. The standard InChI is InChI=1S/C6H7NO2.C3H8/c7-4-5(8)6-2-1-3-9-6;1-3-2/h1-3H,4,7H2;3H2,1-2H3. The minimum atomic E-state index is -0.167. The summed E-state index contributed by atoms with van der Waals surface area (Å²) in [6, 6.07) is 3.25. The molecule has 1 aromatic rings. The first-order valence-corrected chi connectivity index (χ1v) is 4.03. The van der Waals surface area contributed by atoms with Crippen LogP contribution in [0.3, 0.4) is 0 Å². The first-order valence-electron chi connectivity index (χ1n) is 4.03. The molecule has 0 aliphatic rings. The van der Waals surface area contributed by atoms with Gasteiger partial charge in [-0.3, -0.25) is 4.79 Å². The van der Waals surface area contributed by atoms with Crippen LogP contribution in [-0.4, -0.2) is 12.3 Å². The summed E-state index contributed by atoms with van der Waals surface area (Å²) in [5.74, 6) is 0.164. The average Bonchev–Trinajstić information content (AvgIpc) is 2.56. The Morgan fingerprint density at radius 3 is 2.50 bits per heavy atom. The van der Waals surface area contributed by atoms with E-state index < -0.39 is 0 Å². The Kier molecular flexibility index (Phi) is 6.01. The number of hydrogen-bond donors (Lipinski definition) is 1. The van der Waals surface area contributed by atoms with Crippen LogP contribution in [0.15, 0.2) is 22.8 Å². The Morgan fingerprint density at radius 1 is 1.58 bits per heavy atom. The lowest BCUT2D eigenvalue weighted by Gasteiger charge is -1.86. The van der Waals surface area contributed by atoms with Gasteiger partial charge in [0.1, 0.15) is 0 Å². The maximum atomic E-state index is 10.7. The van der Waals surface area contributed by atoms with Crippen molar-refractivity contribution in [1.29, 1.82) is 0 Å². The fourth-order valence-corrected chi connectivity index (χ4v) is 0.538. The molecular formula is C9H15NO2. The van der Waals surface area contributed by atoms with Gasteiger partial charge >= 0.3 is 0 Å². The molecule has 2 N–H and O–H groups in total. The highest BCUT2D eigenvalue weighted by atomic mass is 16.3. The summed E-state index contributed by atoms with van der Waals surface area (Å²) < 4.78 is 4.76. The van der Waals surface area contributed by atoms with Gasteiger partial charge in [0.15, 0.2) is 5.76 Å². The van der Waals surface area contributed by atoms with Crippen LogP contribution in [0, 0.1) is 0 Å². The smallest absolute Gasteiger partial charge is 0.211 e. The van der Waals surface area contributed by atoms with Crippen LogP contribution in [0.2, 0.25) is 0 Å². The third-order valence-electron chi connectivity index (χ3n) is 0.981. The van der Waals surface area contributed by atoms with E-state index in [1.165, 1.54) is 12.7 Å². The van der Waals surface area contributed by atoms with Crippen molar-refractivity contribution < 1.29 is 9.21 Å². The molecule has 0 aliphatic carbocycles. The molecule has 3 heteroatoms. The number of carbonyl (C=O) groups is 1. The molecule has 0 aromatic carbocycles. The average molecular weight is 169 g/mol. The van der Waals surface area contributed by atoms with Gasteiger partial charge in [0.05, 0.1) is 12.8 Å². The predicted molar refractivity (Wildman–Crippen MR) is 48.1 cm³/mol. The van der Waals surface area contributed by atoms with Crippen LogP contribution in [-0.2, 0) is 0 Å². The van der Waals surface area contributed by atoms with E-state index in [2.05, 4.69) is 13.8 Å². The highest BCUT2D eigenvalue weighted by Crippen LogP contribution is 1.98. The molecule has 1 rings (SSSR count). The molecule has 0 aliphatic heterocycles. The zero-order chi connectivity index (χ0) is 9.40. The Hall–Kier alpha value is -1.09. The van der Waals surface area contributed by atoms with Gasteiger partial charge in [-0.1, -0.05) is 20.3 Å². The molecule has 0 saturated carbocycles. The van der Waals surface area contributed by atoms with Gasteiger partial charge in [-0.2, -0.15) is 0 Å². The summed E-state index contributed by atoms with van der Waals surface area (Å²) in [5.41, 5.74) is 5.05. The van der Waals surface area contributed by atoms with E-state index in [-0.39, 0.29) is 12.3 Å². The topological polar surface area (TPSA) is 56.2 Å². The van der Waals surface area contributed by atoms with Crippen molar-refractivity contribution in [3.63, 3.8) is 0 Å². The minimum absolute atomic E-state index is 0.00745. The second kappa shape index (κ2) is 6.61. The Morgan fingerprint density at radius 2 is 2.17 bits per heavy atom. The molecule has 0 bridgehead atoms. The Bertz CT molecular complexity index is 204. The molecular weight excluding hydrogens is 154 g/mol. The zero-order valence-electron chi connectivity index (χ0n) is 7.54. The van der Waals surface area contributed by atoms with Gasteiger partial charge in [-0.15, -0.1) is 0 Å². The van der Waals surface area contributed by atoms with Crippen molar-refractivity contribution in [1.82, 2.24) is 0 Å². The monoisotopic (exact) mass is 169 g/mol. The molecule has 0 unspecified atom stereocenters. The first-order chi connectivity index (χ1) is 5.76. The first kappa shape index (κ1) is 10.9. The van der Waals surface area contributed by atoms with Gasteiger partial charge in [-0.25, -0.2) is 0 Å². The number of Topliss-reactive ketones (excluding diaryl/α,β-unsaturated/α-hetero) is 1. The van der Waals surface area contributed by atoms with Gasteiger partial charge in [0.25, 0.3) is 0 Å². The molecule has 68 valence electrons. The summed E-state index contributed by atoms with van der Waals surface area (Å²) in [7, 11) is 0. The zero-order valence-corrected chi connectivity index (χ0v) is 7.54. The van der Waals surface area contributed by atoms with Crippen molar-refractivity contribution >= 4 is 5.78 Å². The van der Waals surface area contributed by atoms with Crippen LogP contribution >= 0.6 is 0 Å². The second-order valence-electron chi connectivity index (χ2n) is 2.31. The van der Waals surface area contributed by atoms with Gasteiger partial charge in [0, 0.05) is 0 Å². The van der Waals surface area contributed by atoms with E-state index in [4.69, 9.17) is 10.2 Å². The minimum Gasteiger partial charge on any atom is -0.461 e. The van der Waals surface area contributed by atoms with Crippen LogP contribution in [0.25, 0.3) is 0 Å².